The predicted molar refractivity (Wildman–Crippen MR) is 74.5 cm³/mol. The Kier molecular flexibility index (Phi) is 4.70. The van der Waals surface area contributed by atoms with Crippen molar-refractivity contribution in [1.29, 1.82) is 0 Å². The summed E-state index contributed by atoms with van der Waals surface area (Å²) < 4.78 is 45.3. The molecule has 0 aliphatic heterocycles. The maximum atomic E-state index is 13.8. The van der Waals surface area contributed by atoms with Crippen LogP contribution in [0.15, 0.2) is 30.3 Å². The Bertz CT molecular complexity index is 714. The molecule has 0 unspecified atom stereocenters. The number of benzene rings is 2. The van der Waals surface area contributed by atoms with E-state index in [4.69, 9.17) is 4.74 Å². The van der Waals surface area contributed by atoms with Gasteiger partial charge in [0.05, 0.1) is 6.61 Å². The molecule has 0 radical (unpaired) electrons. The van der Waals surface area contributed by atoms with Crippen LogP contribution in [0.5, 0.6) is 5.75 Å². The van der Waals surface area contributed by atoms with Crippen molar-refractivity contribution >= 4 is 5.97 Å². The molecule has 0 amide bonds. The van der Waals surface area contributed by atoms with E-state index >= 15 is 0 Å². The second-order valence-electron chi connectivity index (χ2n) is 4.61. The lowest BCUT2D eigenvalue weighted by Crippen LogP contribution is -2.04. The molecule has 116 valence electrons. The summed E-state index contributed by atoms with van der Waals surface area (Å²) in [5, 5.41) is 9.20. The maximum absolute atomic E-state index is 13.8. The van der Waals surface area contributed by atoms with Gasteiger partial charge in [0.25, 0.3) is 0 Å². The van der Waals surface area contributed by atoms with Gasteiger partial charge in [-0.25, -0.2) is 18.0 Å². The van der Waals surface area contributed by atoms with Crippen LogP contribution in [0.4, 0.5) is 13.2 Å². The van der Waals surface area contributed by atoms with E-state index in [1.54, 1.807) is 0 Å². The first-order valence-corrected chi connectivity index (χ1v) is 6.59. The molecule has 0 saturated heterocycles. The third-order valence-corrected chi connectivity index (χ3v) is 2.99. The number of halogens is 3. The van der Waals surface area contributed by atoms with Crippen molar-refractivity contribution in [2.75, 3.05) is 6.61 Å². The minimum Gasteiger partial charge on any atom is -0.493 e. The van der Waals surface area contributed by atoms with Gasteiger partial charge in [-0.3, -0.25) is 0 Å². The summed E-state index contributed by atoms with van der Waals surface area (Å²) in [7, 11) is 0. The van der Waals surface area contributed by atoms with Crippen LogP contribution in [-0.2, 0) is 0 Å². The Labute approximate surface area is 125 Å². The van der Waals surface area contributed by atoms with Gasteiger partial charge in [-0.15, -0.1) is 0 Å². The Morgan fingerprint density at radius 1 is 1.09 bits per heavy atom. The third kappa shape index (κ3) is 3.21. The summed E-state index contributed by atoms with van der Waals surface area (Å²) >= 11 is 0. The van der Waals surface area contributed by atoms with Gasteiger partial charge < -0.3 is 9.84 Å². The summed E-state index contributed by atoms with van der Waals surface area (Å²) in [6, 6.07) is 5.05. The van der Waals surface area contributed by atoms with Crippen LogP contribution in [0.3, 0.4) is 0 Å². The highest BCUT2D eigenvalue weighted by Crippen LogP contribution is 2.30. The number of rotatable bonds is 5. The number of aromatic carboxylic acids is 1. The van der Waals surface area contributed by atoms with Crippen LogP contribution in [0.2, 0.25) is 0 Å². The molecular formula is C16H13F3O3. The zero-order chi connectivity index (χ0) is 16.3. The average Bonchev–Trinajstić information content (AvgIpc) is 2.48. The van der Waals surface area contributed by atoms with Crippen LogP contribution < -0.4 is 4.74 Å². The van der Waals surface area contributed by atoms with Crippen LogP contribution in [0, 0.1) is 17.5 Å². The molecule has 3 nitrogen and oxygen atoms in total. The molecule has 0 spiro atoms. The molecule has 0 heterocycles. The first-order chi connectivity index (χ1) is 10.4. The van der Waals surface area contributed by atoms with Gasteiger partial charge >= 0.3 is 5.97 Å². The number of hydrogen-bond donors (Lipinski definition) is 1. The quantitative estimate of drug-likeness (QED) is 0.839. The smallest absolute Gasteiger partial charge is 0.339 e. The molecule has 2 aromatic carbocycles. The van der Waals surface area contributed by atoms with Crippen LogP contribution in [0.25, 0.3) is 11.1 Å². The van der Waals surface area contributed by atoms with E-state index in [1.807, 2.05) is 6.92 Å². The number of carbonyl (C=O) groups is 1. The molecule has 0 aromatic heterocycles. The molecule has 0 aliphatic rings. The van der Waals surface area contributed by atoms with E-state index in [2.05, 4.69) is 0 Å². The van der Waals surface area contributed by atoms with Crippen molar-refractivity contribution in [3.63, 3.8) is 0 Å². The lowest BCUT2D eigenvalue weighted by atomic mass is 10.0. The number of hydrogen-bond acceptors (Lipinski definition) is 2. The highest BCUT2D eigenvalue weighted by molar-refractivity contribution is 5.92. The van der Waals surface area contributed by atoms with Crippen molar-refractivity contribution in [2.45, 2.75) is 13.3 Å². The lowest BCUT2D eigenvalue weighted by Gasteiger charge is -2.11. The van der Waals surface area contributed by atoms with Crippen molar-refractivity contribution in [2.24, 2.45) is 0 Å². The SMILES string of the molecule is CCCOc1ccc(-c2cc(F)c(F)cc2F)cc1C(=O)O. The van der Waals surface area contributed by atoms with Gasteiger partial charge in [0.2, 0.25) is 0 Å². The summed E-state index contributed by atoms with van der Waals surface area (Å²) in [6.07, 6.45) is 0.693. The molecule has 0 fully saturated rings. The second kappa shape index (κ2) is 6.51. The molecule has 6 heteroatoms. The van der Waals surface area contributed by atoms with Gasteiger partial charge in [-0.05, 0) is 30.2 Å². The van der Waals surface area contributed by atoms with Gasteiger partial charge in [0, 0.05) is 11.6 Å². The summed E-state index contributed by atoms with van der Waals surface area (Å²) in [4.78, 5) is 11.3. The Morgan fingerprint density at radius 3 is 2.41 bits per heavy atom. The second-order valence-corrected chi connectivity index (χ2v) is 4.61. The molecule has 1 N–H and O–H groups in total. The van der Waals surface area contributed by atoms with Gasteiger partial charge in [-0.2, -0.15) is 0 Å². The summed E-state index contributed by atoms with van der Waals surface area (Å²) in [6.45, 7) is 2.20. The number of ether oxygens (including phenoxy) is 1. The molecular weight excluding hydrogens is 297 g/mol. The Morgan fingerprint density at radius 2 is 1.77 bits per heavy atom. The molecule has 0 atom stereocenters. The van der Waals surface area contributed by atoms with Crippen molar-refractivity contribution < 1.29 is 27.8 Å². The first-order valence-electron chi connectivity index (χ1n) is 6.59. The minimum absolute atomic E-state index is 0.123. The van der Waals surface area contributed by atoms with Crippen molar-refractivity contribution in [3.8, 4) is 16.9 Å². The van der Waals surface area contributed by atoms with Crippen molar-refractivity contribution in [1.82, 2.24) is 0 Å². The minimum atomic E-state index is -1.30. The topological polar surface area (TPSA) is 46.5 Å². The van der Waals surface area contributed by atoms with E-state index in [9.17, 15) is 23.1 Å². The Hall–Kier alpha value is -2.50. The summed E-state index contributed by atoms with van der Waals surface area (Å²) in [5.74, 6) is -4.60. The zero-order valence-electron chi connectivity index (χ0n) is 11.7. The first kappa shape index (κ1) is 15.9. The summed E-state index contributed by atoms with van der Waals surface area (Å²) in [5.41, 5.74) is -0.267. The Balaban J connectivity index is 2.51. The van der Waals surface area contributed by atoms with E-state index in [1.165, 1.54) is 18.2 Å². The van der Waals surface area contributed by atoms with E-state index < -0.39 is 23.4 Å². The fourth-order valence-corrected chi connectivity index (χ4v) is 1.95. The molecule has 0 aliphatic carbocycles. The van der Waals surface area contributed by atoms with E-state index in [0.29, 0.717) is 25.2 Å². The monoisotopic (exact) mass is 310 g/mol. The number of carboxylic acids is 1. The average molecular weight is 310 g/mol. The highest BCUT2D eigenvalue weighted by atomic mass is 19.2. The molecule has 2 rings (SSSR count). The molecule has 0 bridgehead atoms. The van der Waals surface area contributed by atoms with Crippen molar-refractivity contribution in [3.05, 3.63) is 53.3 Å². The zero-order valence-corrected chi connectivity index (χ0v) is 11.7. The normalized spacial score (nSPS) is 10.5. The van der Waals surface area contributed by atoms with Gasteiger partial charge in [0.15, 0.2) is 11.6 Å². The van der Waals surface area contributed by atoms with E-state index in [0.717, 1.165) is 0 Å². The van der Waals surface area contributed by atoms with Gasteiger partial charge in [-0.1, -0.05) is 13.0 Å². The largest absolute Gasteiger partial charge is 0.493 e. The van der Waals surface area contributed by atoms with Crippen LogP contribution >= 0.6 is 0 Å². The lowest BCUT2D eigenvalue weighted by molar-refractivity contribution is 0.0692. The molecule has 22 heavy (non-hydrogen) atoms. The molecule has 2 aromatic rings. The van der Waals surface area contributed by atoms with Gasteiger partial charge in [0.1, 0.15) is 17.1 Å². The maximum Gasteiger partial charge on any atom is 0.339 e. The standard InChI is InChI=1S/C16H13F3O3/c1-2-5-22-15-4-3-9(6-11(15)16(20)21)10-7-13(18)14(19)8-12(10)17/h3-4,6-8H,2,5H2,1H3,(H,20,21). The highest BCUT2D eigenvalue weighted by Gasteiger charge is 2.16. The van der Waals surface area contributed by atoms with Crippen LogP contribution in [0.1, 0.15) is 23.7 Å². The predicted octanol–water partition coefficient (Wildman–Crippen LogP) is 4.26. The fourth-order valence-electron chi connectivity index (χ4n) is 1.95. The van der Waals surface area contributed by atoms with E-state index in [-0.39, 0.29) is 22.4 Å². The molecule has 0 saturated carbocycles. The number of carboxylic acid groups (broad SMARTS) is 1. The van der Waals surface area contributed by atoms with Crippen LogP contribution in [-0.4, -0.2) is 17.7 Å². The fraction of sp³-hybridized carbons (Fsp3) is 0.188. The third-order valence-electron chi connectivity index (χ3n) is 2.99.